The molecular weight excluding hydrogens is 286 g/mol. The van der Waals surface area contributed by atoms with Gasteiger partial charge in [0.2, 0.25) is 0 Å². The van der Waals surface area contributed by atoms with Gasteiger partial charge in [0, 0.05) is 12.1 Å². The van der Waals surface area contributed by atoms with E-state index in [0.29, 0.717) is 5.16 Å². The molecule has 0 saturated carbocycles. The maximum atomic E-state index is 10.7. The van der Waals surface area contributed by atoms with Crippen LogP contribution in [0, 0.1) is 13.8 Å². The normalized spacial score (nSPS) is 10.8. The SMILES string of the molecule is CCCn1c(SCC(=O)O)nnc1-c1ccc(C)c(C)c1. The number of aromatic nitrogens is 3. The first-order chi connectivity index (χ1) is 10.0. The Labute approximate surface area is 128 Å². The molecule has 0 unspecified atom stereocenters. The van der Waals surface area contributed by atoms with Crippen LogP contribution in [0.3, 0.4) is 0 Å². The highest BCUT2D eigenvalue weighted by molar-refractivity contribution is 7.99. The van der Waals surface area contributed by atoms with Crippen LogP contribution in [0.15, 0.2) is 23.4 Å². The molecular formula is C15H19N3O2S. The topological polar surface area (TPSA) is 68.0 Å². The number of hydrogen-bond acceptors (Lipinski definition) is 4. The average Bonchev–Trinajstić information content (AvgIpc) is 2.83. The molecule has 0 aliphatic rings. The molecule has 0 radical (unpaired) electrons. The zero-order valence-electron chi connectivity index (χ0n) is 12.5. The molecule has 0 fully saturated rings. The molecule has 0 aliphatic heterocycles. The maximum absolute atomic E-state index is 10.7. The van der Waals surface area contributed by atoms with Crippen molar-refractivity contribution >= 4 is 17.7 Å². The zero-order chi connectivity index (χ0) is 15.4. The monoisotopic (exact) mass is 305 g/mol. The molecule has 0 amide bonds. The van der Waals surface area contributed by atoms with Crippen molar-refractivity contribution in [1.29, 1.82) is 0 Å². The molecule has 5 nitrogen and oxygen atoms in total. The Kier molecular flexibility index (Phi) is 5.01. The van der Waals surface area contributed by atoms with Crippen LogP contribution in [0.5, 0.6) is 0 Å². The molecule has 2 aromatic rings. The Bertz CT molecular complexity index is 652. The van der Waals surface area contributed by atoms with Crippen molar-refractivity contribution < 1.29 is 9.90 Å². The van der Waals surface area contributed by atoms with Gasteiger partial charge in [-0.25, -0.2) is 0 Å². The number of benzene rings is 1. The van der Waals surface area contributed by atoms with Gasteiger partial charge in [0.05, 0.1) is 5.75 Å². The number of aliphatic carboxylic acids is 1. The Balaban J connectivity index is 2.38. The lowest BCUT2D eigenvalue weighted by molar-refractivity contribution is -0.133. The Morgan fingerprint density at radius 1 is 1.29 bits per heavy atom. The number of nitrogens with zero attached hydrogens (tertiary/aromatic N) is 3. The van der Waals surface area contributed by atoms with Crippen molar-refractivity contribution in [2.24, 2.45) is 0 Å². The van der Waals surface area contributed by atoms with Crippen molar-refractivity contribution in [2.45, 2.75) is 38.9 Å². The molecule has 1 aromatic carbocycles. The van der Waals surface area contributed by atoms with Crippen molar-refractivity contribution in [2.75, 3.05) is 5.75 Å². The second kappa shape index (κ2) is 6.76. The summed E-state index contributed by atoms with van der Waals surface area (Å²) >= 11 is 1.21. The molecule has 0 spiro atoms. The largest absolute Gasteiger partial charge is 0.481 e. The zero-order valence-corrected chi connectivity index (χ0v) is 13.3. The fourth-order valence-corrected chi connectivity index (χ4v) is 2.73. The minimum Gasteiger partial charge on any atom is -0.481 e. The highest BCUT2D eigenvalue weighted by atomic mass is 32.2. The third-order valence-corrected chi connectivity index (χ3v) is 4.21. The van der Waals surface area contributed by atoms with Crippen LogP contribution in [-0.4, -0.2) is 31.6 Å². The molecule has 0 aliphatic carbocycles. The van der Waals surface area contributed by atoms with Gasteiger partial charge in [-0.2, -0.15) is 0 Å². The second-order valence-electron chi connectivity index (χ2n) is 4.94. The summed E-state index contributed by atoms with van der Waals surface area (Å²) in [5.41, 5.74) is 3.46. The van der Waals surface area contributed by atoms with E-state index in [1.807, 2.05) is 10.6 Å². The van der Waals surface area contributed by atoms with Crippen molar-refractivity contribution in [1.82, 2.24) is 14.8 Å². The van der Waals surface area contributed by atoms with Gasteiger partial charge >= 0.3 is 5.97 Å². The van der Waals surface area contributed by atoms with Gasteiger partial charge in [-0.1, -0.05) is 30.8 Å². The summed E-state index contributed by atoms with van der Waals surface area (Å²) in [6.07, 6.45) is 0.941. The van der Waals surface area contributed by atoms with E-state index in [2.05, 4.69) is 43.1 Å². The molecule has 2 rings (SSSR count). The van der Waals surface area contributed by atoms with Crippen LogP contribution < -0.4 is 0 Å². The first kappa shape index (κ1) is 15.6. The third-order valence-electron chi connectivity index (χ3n) is 3.25. The maximum Gasteiger partial charge on any atom is 0.313 e. The fourth-order valence-electron chi connectivity index (χ4n) is 2.04. The van der Waals surface area contributed by atoms with Crippen LogP contribution in [-0.2, 0) is 11.3 Å². The summed E-state index contributed by atoms with van der Waals surface area (Å²) in [4.78, 5) is 10.7. The quantitative estimate of drug-likeness (QED) is 0.830. The van der Waals surface area contributed by atoms with Gasteiger partial charge in [-0.05, 0) is 37.5 Å². The first-order valence-electron chi connectivity index (χ1n) is 6.88. The summed E-state index contributed by atoms with van der Waals surface area (Å²) in [6, 6.07) is 6.20. The van der Waals surface area contributed by atoms with Crippen molar-refractivity contribution in [3.63, 3.8) is 0 Å². The van der Waals surface area contributed by atoms with Gasteiger partial charge in [-0.15, -0.1) is 10.2 Å². The summed E-state index contributed by atoms with van der Waals surface area (Å²) in [6.45, 7) is 7.00. The number of carboxylic acid groups (broad SMARTS) is 1. The number of carbonyl (C=O) groups is 1. The van der Waals surface area contributed by atoms with E-state index in [-0.39, 0.29) is 5.75 Å². The van der Waals surface area contributed by atoms with E-state index in [1.54, 1.807) is 0 Å². The second-order valence-corrected chi connectivity index (χ2v) is 5.88. The van der Waals surface area contributed by atoms with Crippen LogP contribution in [0.2, 0.25) is 0 Å². The van der Waals surface area contributed by atoms with Gasteiger partial charge in [-0.3, -0.25) is 4.79 Å². The van der Waals surface area contributed by atoms with E-state index < -0.39 is 5.97 Å². The van der Waals surface area contributed by atoms with E-state index in [4.69, 9.17) is 5.11 Å². The van der Waals surface area contributed by atoms with E-state index in [9.17, 15) is 4.79 Å². The lowest BCUT2D eigenvalue weighted by Gasteiger charge is -2.09. The van der Waals surface area contributed by atoms with Crippen LogP contribution >= 0.6 is 11.8 Å². The van der Waals surface area contributed by atoms with Gasteiger partial charge < -0.3 is 9.67 Å². The first-order valence-corrected chi connectivity index (χ1v) is 7.87. The standard InChI is InChI=1S/C15H19N3O2S/c1-4-7-18-14(12-6-5-10(2)11(3)8-12)16-17-15(18)21-9-13(19)20/h5-6,8H,4,7,9H2,1-3H3,(H,19,20). The number of thioether (sulfide) groups is 1. The predicted octanol–water partition coefficient (Wildman–Crippen LogP) is 3.15. The molecule has 0 atom stereocenters. The molecule has 0 bridgehead atoms. The number of aryl methyl sites for hydroxylation is 2. The Morgan fingerprint density at radius 3 is 2.67 bits per heavy atom. The van der Waals surface area contributed by atoms with Crippen molar-refractivity contribution in [3.05, 3.63) is 29.3 Å². The molecule has 1 N–H and O–H groups in total. The highest BCUT2D eigenvalue weighted by Crippen LogP contribution is 2.25. The summed E-state index contributed by atoms with van der Waals surface area (Å²) < 4.78 is 2.00. The highest BCUT2D eigenvalue weighted by Gasteiger charge is 2.15. The molecule has 6 heteroatoms. The number of carboxylic acids is 1. The summed E-state index contributed by atoms with van der Waals surface area (Å²) in [7, 11) is 0. The number of hydrogen-bond donors (Lipinski definition) is 1. The van der Waals surface area contributed by atoms with E-state index in [0.717, 1.165) is 24.4 Å². The molecule has 21 heavy (non-hydrogen) atoms. The van der Waals surface area contributed by atoms with Gasteiger partial charge in [0.15, 0.2) is 11.0 Å². The Morgan fingerprint density at radius 2 is 2.05 bits per heavy atom. The fraction of sp³-hybridized carbons (Fsp3) is 0.400. The lowest BCUT2D eigenvalue weighted by atomic mass is 10.1. The average molecular weight is 305 g/mol. The Hall–Kier alpha value is -1.82. The smallest absolute Gasteiger partial charge is 0.313 e. The third kappa shape index (κ3) is 3.64. The minimum absolute atomic E-state index is 0.00519. The van der Waals surface area contributed by atoms with Gasteiger partial charge in [0.1, 0.15) is 0 Å². The molecule has 1 aromatic heterocycles. The van der Waals surface area contributed by atoms with E-state index >= 15 is 0 Å². The van der Waals surface area contributed by atoms with Crippen LogP contribution in [0.4, 0.5) is 0 Å². The lowest BCUT2D eigenvalue weighted by Crippen LogP contribution is -2.04. The number of rotatable bonds is 6. The van der Waals surface area contributed by atoms with E-state index in [1.165, 1.54) is 22.9 Å². The minimum atomic E-state index is -0.848. The predicted molar refractivity (Wildman–Crippen MR) is 83.6 cm³/mol. The van der Waals surface area contributed by atoms with Gasteiger partial charge in [0.25, 0.3) is 0 Å². The summed E-state index contributed by atoms with van der Waals surface area (Å²) in [5, 5.41) is 17.9. The molecule has 0 saturated heterocycles. The van der Waals surface area contributed by atoms with Crippen molar-refractivity contribution in [3.8, 4) is 11.4 Å². The summed E-state index contributed by atoms with van der Waals surface area (Å²) in [5.74, 6) is -0.0546. The molecule has 1 heterocycles. The van der Waals surface area contributed by atoms with Crippen LogP contribution in [0.1, 0.15) is 24.5 Å². The van der Waals surface area contributed by atoms with Crippen LogP contribution in [0.25, 0.3) is 11.4 Å². The molecule has 112 valence electrons.